The fraction of sp³-hybridized carbons (Fsp3) is 0.161. The summed E-state index contributed by atoms with van der Waals surface area (Å²) >= 11 is 0. The van der Waals surface area contributed by atoms with Crippen LogP contribution in [0.5, 0.6) is 11.5 Å². The summed E-state index contributed by atoms with van der Waals surface area (Å²) in [6.07, 6.45) is 0. The Hall–Kier alpha value is -3.82. The molecule has 0 spiro atoms. The third kappa shape index (κ3) is 4.35. The predicted molar refractivity (Wildman–Crippen MR) is 141 cm³/mol. The Morgan fingerprint density at radius 2 is 1.26 bits per heavy atom. The lowest BCUT2D eigenvalue weighted by atomic mass is 9.81. The summed E-state index contributed by atoms with van der Waals surface area (Å²) < 4.78 is 11.3. The van der Waals surface area contributed by atoms with Gasteiger partial charge in [-0.05, 0) is 75.6 Å². The minimum absolute atomic E-state index is 0.0757. The molecule has 0 aliphatic rings. The molecule has 3 nitrogen and oxygen atoms in total. The van der Waals surface area contributed by atoms with Crippen molar-refractivity contribution in [3.8, 4) is 11.5 Å². The summed E-state index contributed by atoms with van der Waals surface area (Å²) in [5, 5.41) is 8.20. The molecular formula is C31H29NO2. The maximum absolute atomic E-state index is 5.87. The highest BCUT2D eigenvalue weighted by Crippen LogP contribution is 2.40. The van der Waals surface area contributed by atoms with Crippen molar-refractivity contribution < 1.29 is 9.47 Å². The van der Waals surface area contributed by atoms with Crippen LogP contribution in [0.3, 0.4) is 0 Å². The molecule has 1 atom stereocenters. The first-order valence-electron chi connectivity index (χ1n) is 11.7. The molecule has 1 unspecified atom stereocenters. The molecule has 0 saturated carbocycles. The number of methoxy groups -OCH3 is 1. The van der Waals surface area contributed by atoms with Gasteiger partial charge in [-0.2, -0.15) is 0 Å². The van der Waals surface area contributed by atoms with Gasteiger partial charge in [0.15, 0.2) is 0 Å². The predicted octanol–water partition coefficient (Wildman–Crippen LogP) is 6.78. The fourth-order valence-corrected chi connectivity index (χ4v) is 4.70. The number of hydrogen-bond acceptors (Lipinski definition) is 3. The molecule has 0 bridgehead atoms. The van der Waals surface area contributed by atoms with Crippen LogP contribution in [-0.2, 0) is 0 Å². The number of hydrogen-bond donors (Lipinski definition) is 1. The first-order valence-corrected chi connectivity index (χ1v) is 11.7. The molecule has 1 N–H and O–H groups in total. The minimum Gasteiger partial charge on any atom is -0.497 e. The van der Waals surface area contributed by atoms with Gasteiger partial charge in [-0.25, -0.2) is 0 Å². The Morgan fingerprint density at radius 3 is 1.91 bits per heavy atom. The van der Waals surface area contributed by atoms with Crippen molar-refractivity contribution in [2.24, 2.45) is 0 Å². The molecule has 0 aromatic heterocycles. The molecule has 170 valence electrons. The summed E-state index contributed by atoms with van der Waals surface area (Å²) in [4.78, 5) is 0. The van der Waals surface area contributed by atoms with Crippen LogP contribution >= 0.6 is 0 Å². The minimum atomic E-state index is 0.0757. The van der Waals surface area contributed by atoms with Crippen molar-refractivity contribution in [3.05, 3.63) is 120 Å². The number of likely N-dealkylation sites (N-methyl/N-ethyl adjacent to an activating group) is 1. The molecule has 34 heavy (non-hydrogen) atoms. The standard InChI is InChI=1S/C31H29NO2/c1-32-19-20-34-26-17-13-23(14-18-26)31(22-11-15-25(33-2)16-12-22)30-21-24-7-3-4-8-27(24)28-9-5-6-10-29(28)30/h3-18,21,31-32H,19-20H2,1-2H3. The molecule has 5 aromatic rings. The van der Waals surface area contributed by atoms with E-state index < -0.39 is 0 Å². The average Bonchev–Trinajstić information content (AvgIpc) is 2.90. The second-order valence-electron chi connectivity index (χ2n) is 8.46. The van der Waals surface area contributed by atoms with E-state index in [-0.39, 0.29) is 5.92 Å². The van der Waals surface area contributed by atoms with E-state index in [4.69, 9.17) is 9.47 Å². The van der Waals surface area contributed by atoms with Crippen molar-refractivity contribution in [1.29, 1.82) is 0 Å². The van der Waals surface area contributed by atoms with E-state index in [1.54, 1.807) is 7.11 Å². The van der Waals surface area contributed by atoms with Gasteiger partial charge in [0.1, 0.15) is 18.1 Å². The van der Waals surface area contributed by atoms with Crippen molar-refractivity contribution in [3.63, 3.8) is 0 Å². The van der Waals surface area contributed by atoms with Gasteiger partial charge in [0.05, 0.1) is 7.11 Å². The summed E-state index contributed by atoms with van der Waals surface area (Å²) in [5.41, 5.74) is 3.75. The zero-order valence-electron chi connectivity index (χ0n) is 19.6. The van der Waals surface area contributed by atoms with Crippen molar-refractivity contribution in [2.45, 2.75) is 5.92 Å². The van der Waals surface area contributed by atoms with Gasteiger partial charge in [-0.3, -0.25) is 0 Å². The Morgan fingerprint density at radius 1 is 0.676 bits per heavy atom. The van der Waals surface area contributed by atoms with E-state index >= 15 is 0 Å². The Kier molecular flexibility index (Phi) is 6.46. The van der Waals surface area contributed by atoms with Crippen LogP contribution in [0.2, 0.25) is 0 Å². The third-order valence-electron chi connectivity index (χ3n) is 6.39. The van der Waals surface area contributed by atoms with Crippen LogP contribution in [0.25, 0.3) is 21.5 Å². The van der Waals surface area contributed by atoms with Gasteiger partial charge < -0.3 is 14.8 Å². The first kappa shape index (κ1) is 22.0. The van der Waals surface area contributed by atoms with Gasteiger partial charge in [-0.15, -0.1) is 0 Å². The van der Waals surface area contributed by atoms with Crippen LogP contribution in [0, 0.1) is 0 Å². The lowest BCUT2D eigenvalue weighted by Crippen LogP contribution is -2.15. The van der Waals surface area contributed by atoms with Crippen molar-refractivity contribution >= 4 is 21.5 Å². The molecule has 0 aliphatic heterocycles. The summed E-state index contributed by atoms with van der Waals surface area (Å²) in [6.45, 7) is 1.46. The molecule has 0 amide bonds. The second kappa shape index (κ2) is 9.98. The highest BCUT2D eigenvalue weighted by molar-refractivity contribution is 6.09. The van der Waals surface area contributed by atoms with Crippen LogP contribution in [0.15, 0.2) is 103 Å². The number of benzene rings is 5. The van der Waals surface area contributed by atoms with E-state index in [2.05, 4.69) is 96.3 Å². The lowest BCUT2D eigenvalue weighted by molar-refractivity contribution is 0.318. The van der Waals surface area contributed by atoms with Crippen LogP contribution in [0.1, 0.15) is 22.6 Å². The molecule has 3 heteroatoms. The molecule has 0 aliphatic carbocycles. The Bertz CT molecular complexity index is 1390. The molecule has 5 aromatic carbocycles. The van der Waals surface area contributed by atoms with E-state index in [0.29, 0.717) is 6.61 Å². The van der Waals surface area contributed by atoms with Gasteiger partial charge in [0.2, 0.25) is 0 Å². The van der Waals surface area contributed by atoms with Gasteiger partial charge in [0.25, 0.3) is 0 Å². The van der Waals surface area contributed by atoms with E-state index in [9.17, 15) is 0 Å². The second-order valence-corrected chi connectivity index (χ2v) is 8.46. The molecule has 0 heterocycles. The highest BCUT2D eigenvalue weighted by atomic mass is 16.5. The van der Waals surface area contributed by atoms with E-state index in [1.165, 1.54) is 38.2 Å². The Balaban J connectivity index is 1.68. The Labute approximate surface area is 201 Å². The smallest absolute Gasteiger partial charge is 0.119 e. The highest BCUT2D eigenvalue weighted by Gasteiger charge is 2.21. The van der Waals surface area contributed by atoms with Crippen LogP contribution in [0.4, 0.5) is 0 Å². The van der Waals surface area contributed by atoms with Crippen LogP contribution < -0.4 is 14.8 Å². The normalized spacial score (nSPS) is 12.1. The topological polar surface area (TPSA) is 30.5 Å². The summed E-state index contributed by atoms with van der Waals surface area (Å²) in [6, 6.07) is 36.7. The quantitative estimate of drug-likeness (QED) is 0.162. The number of rotatable bonds is 8. The molecule has 0 radical (unpaired) electrons. The van der Waals surface area contributed by atoms with Gasteiger partial charge in [-0.1, -0.05) is 72.8 Å². The molecule has 5 rings (SSSR count). The van der Waals surface area contributed by atoms with Crippen molar-refractivity contribution in [2.75, 3.05) is 27.3 Å². The monoisotopic (exact) mass is 447 g/mol. The number of ether oxygens (including phenoxy) is 2. The summed E-state index contributed by atoms with van der Waals surface area (Å²) in [5.74, 6) is 1.82. The largest absolute Gasteiger partial charge is 0.497 e. The average molecular weight is 448 g/mol. The van der Waals surface area contributed by atoms with Gasteiger partial charge >= 0.3 is 0 Å². The number of nitrogens with one attached hydrogen (secondary N) is 1. The molecular weight excluding hydrogens is 418 g/mol. The lowest BCUT2D eigenvalue weighted by Gasteiger charge is -2.22. The zero-order chi connectivity index (χ0) is 23.3. The maximum atomic E-state index is 5.87. The van der Waals surface area contributed by atoms with Crippen molar-refractivity contribution in [1.82, 2.24) is 5.32 Å². The van der Waals surface area contributed by atoms with E-state index in [1.807, 2.05) is 19.2 Å². The van der Waals surface area contributed by atoms with E-state index in [0.717, 1.165) is 18.0 Å². The zero-order valence-corrected chi connectivity index (χ0v) is 19.6. The molecule has 0 saturated heterocycles. The molecule has 0 fully saturated rings. The number of fused-ring (bicyclic) bond motifs is 3. The first-order chi connectivity index (χ1) is 16.8. The van der Waals surface area contributed by atoms with Gasteiger partial charge in [0, 0.05) is 12.5 Å². The third-order valence-corrected chi connectivity index (χ3v) is 6.39. The fourth-order valence-electron chi connectivity index (χ4n) is 4.70. The van der Waals surface area contributed by atoms with Crippen LogP contribution in [-0.4, -0.2) is 27.3 Å². The SMILES string of the molecule is CNCCOc1ccc(C(c2ccc(OC)cc2)c2cc3ccccc3c3ccccc23)cc1. The maximum Gasteiger partial charge on any atom is 0.119 e. The summed E-state index contributed by atoms with van der Waals surface area (Å²) in [7, 11) is 3.63.